The number of hydrogen-bond acceptors (Lipinski definition) is 1. The van der Waals surface area contributed by atoms with Gasteiger partial charge in [-0.1, -0.05) is 37.6 Å². The van der Waals surface area contributed by atoms with Gasteiger partial charge in [-0.15, -0.1) is 0 Å². The molecule has 1 nitrogen and oxygen atoms in total. The summed E-state index contributed by atoms with van der Waals surface area (Å²) in [5.74, 6) is 0. The third-order valence-corrected chi connectivity index (χ3v) is 4.10. The summed E-state index contributed by atoms with van der Waals surface area (Å²) >= 11 is 0. The molecule has 1 unspecified atom stereocenters. The first-order valence-electron chi connectivity index (χ1n) is 6.58. The molecule has 0 heterocycles. The molecule has 1 heteroatoms. The fourth-order valence-corrected chi connectivity index (χ4v) is 3.13. The average molecular weight is 232 g/mol. The lowest BCUT2D eigenvalue weighted by molar-refractivity contribution is 0.0377. The molecule has 1 saturated carbocycles. The molecule has 0 aliphatic heterocycles. The van der Waals surface area contributed by atoms with E-state index in [1.54, 1.807) is 0 Å². The van der Waals surface area contributed by atoms with Crippen LogP contribution < -0.4 is 0 Å². The molecular weight excluding hydrogens is 208 g/mol. The molecule has 17 heavy (non-hydrogen) atoms. The molecule has 1 aromatic rings. The molecule has 2 rings (SSSR count). The van der Waals surface area contributed by atoms with E-state index in [0.717, 1.165) is 25.7 Å². The van der Waals surface area contributed by atoms with Crippen molar-refractivity contribution >= 4 is 0 Å². The zero-order chi connectivity index (χ0) is 12.7. The van der Waals surface area contributed by atoms with E-state index >= 15 is 0 Å². The molecule has 1 aliphatic carbocycles. The van der Waals surface area contributed by atoms with E-state index in [1.165, 1.54) is 16.7 Å². The third-order valence-electron chi connectivity index (χ3n) is 4.10. The molecule has 1 atom stereocenters. The Hall–Kier alpha value is -0.820. The quantitative estimate of drug-likeness (QED) is 0.822. The Kier molecular flexibility index (Phi) is 3.07. The number of rotatable bonds is 2. The zero-order valence-electron chi connectivity index (χ0n) is 11.5. The molecule has 0 amide bonds. The number of aryl methyl sites for hydroxylation is 2. The second-order valence-corrected chi connectivity index (χ2v) is 6.67. The summed E-state index contributed by atoms with van der Waals surface area (Å²) < 4.78 is 0. The lowest BCUT2D eigenvalue weighted by Gasteiger charge is -2.26. The van der Waals surface area contributed by atoms with E-state index in [-0.39, 0.29) is 0 Å². The maximum atomic E-state index is 10.7. The molecule has 1 fully saturated rings. The summed E-state index contributed by atoms with van der Waals surface area (Å²) in [5, 5.41) is 10.7. The van der Waals surface area contributed by atoms with Crippen LogP contribution in [0.2, 0.25) is 0 Å². The lowest BCUT2D eigenvalue weighted by Crippen LogP contribution is -2.29. The number of benzene rings is 1. The summed E-state index contributed by atoms with van der Waals surface area (Å²) in [6, 6.07) is 6.52. The van der Waals surface area contributed by atoms with Crippen LogP contribution in [0.25, 0.3) is 0 Å². The van der Waals surface area contributed by atoms with Crippen LogP contribution in [0, 0.1) is 19.3 Å². The summed E-state index contributed by atoms with van der Waals surface area (Å²) in [6.45, 7) is 8.77. The average Bonchev–Trinajstić information content (AvgIpc) is 2.47. The van der Waals surface area contributed by atoms with Crippen LogP contribution >= 0.6 is 0 Å². The second-order valence-electron chi connectivity index (χ2n) is 6.67. The van der Waals surface area contributed by atoms with Crippen LogP contribution in [0.15, 0.2) is 18.2 Å². The first kappa shape index (κ1) is 12.6. The highest BCUT2D eigenvalue weighted by Gasteiger charge is 2.41. The third kappa shape index (κ3) is 2.90. The Labute approximate surface area is 105 Å². The monoisotopic (exact) mass is 232 g/mol. The maximum absolute atomic E-state index is 10.7. The van der Waals surface area contributed by atoms with Crippen molar-refractivity contribution in [3.63, 3.8) is 0 Å². The molecule has 0 spiro atoms. The van der Waals surface area contributed by atoms with Gasteiger partial charge in [0.2, 0.25) is 0 Å². The van der Waals surface area contributed by atoms with Crippen LogP contribution in [-0.4, -0.2) is 10.7 Å². The van der Waals surface area contributed by atoms with Crippen LogP contribution in [-0.2, 0) is 6.42 Å². The molecule has 0 radical (unpaired) electrons. The topological polar surface area (TPSA) is 20.2 Å². The SMILES string of the molecule is Cc1ccc(C)c(CC2(O)CCC(C)(C)C2)c1. The summed E-state index contributed by atoms with van der Waals surface area (Å²) in [5.41, 5.74) is 3.71. The number of aliphatic hydroxyl groups is 1. The van der Waals surface area contributed by atoms with E-state index in [0.29, 0.717) is 5.41 Å². The van der Waals surface area contributed by atoms with Crippen molar-refractivity contribution in [2.24, 2.45) is 5.41 Å². The van der Waals surface area contributed by atoms with Gasteiger partial charge < -0.3 is 5.11 Å². The normalized spacial score (nSPS) is 27.4. The first-order chi connectivity index (χ1) is 7.80. The molecule has 94 valence electrons. The Morgan fingerprint density at radius 1 is 1.18 bits per heavy atom. The summed E-state index contributed by atoms with van der Waals surface area (Å²) in [6.07, 6.45) is 3.80. The molecule has 1 N–H and O–H groups in total. The maximum Gasteiger partial charge on any atom is 0.0693 e. The molecule has 1 aromatic carbocycles. The van der Waals surface area contributed by atoms with Crippen LogP contribution in [0.1, 0.15) is 49.8 Å². The smallest absolute Gasteiger partial charge is 0.0693 e. The largest absolute Gasteiger partial charge is 0.390 e. The summed E-state index contributed by atoms with van der Waals surface area (Å²) in [4.78, 5) is 0. The predicted molar refractivity (Wildman–Crippen MR) is 72.2 cm³/mol. The fraction of sp³-hybridized carbons (Fsp3) is 0.625. The Balaban J connectivity index is 2.18. The number of hydrogen-bond donors (Lipinski definition) is 1. The van der Waals surface area contributed by atoms with Gasteiger partial charge in [0.15, 0.2) is 0 Å². The Morgan fingerprint density at radius 3 is 2.47 bits per heavy atom. The van der Waals surface area contributed by atoms with E-state index in [2.05, 4.69) is 45.9 Å². The van der Waals surface area contributed by atoms with Gasteiger partial charge in [0.25, 0.3) is 0 Å². The Morgan fingerprint density at radius 2 is 1.88 bits per heavy atom. The van der Waals surface area contributed by atoms with Gasteiger partial charge in [0, 0.05) is 6.42 Å². The minimum absolute atomic E-state index is 0.298. The molecule has 1 aliphatic rings. The highest BCUT2D eigenvalue weighted by molar-refractivity contribution is 5.32. The lowest BCUT2D eigenvalue weighted by atomic mass is 9.85. The fourth-order valence-electron chi connectivity index (χ4n) is 3.13. The van der Waals surface area contributed by atoms with Crippen LogP contribution in [0.4, 0.5) is 0 Å². The first-order valence-corrected chi connectivity index (χ1v) is 6.58. The minimum Gasteiger partial charge on any atom is -0.390 e. The minimum atomic E-state index is -0.484. The molecule has 0 aromatic heterocycles. The van der Waals surface area contributed by atoms with Crippen molar-refractivity contribution in [2.45, 2.75) is 59.0 Å². The van der Waals surface area contributed by atoms with Gasteiger partial charge in [0.05, 0.1) is 5.60 Å². The molecule has 0 saturated heterocycles. The van der Waals surface area contributed by atoms with Crippen molar-refractivity contribution in [3.05, 3.63) is 34.9 Å². The second kappa shape index (κ2) is 4.13. The van der Waals surface area contributed by atoms with Crippen molar-refractivity contribution in [3.8, 4) is 0 Å². The molecule has 0 bridgehead atoms. The molecular formula is C16H24O. The highest BCUT2D eigenvalue weighted by atomic mass is 16.3. The van der Waals surface area contributed by atoms with E-state index < -0.39 is 5.60 Å². The van der Waals surface area contributed by atoms with E-state index in [4.69, 9.17) is 0 Å². The van der Waals surface area contributed by atoms with Crippen molar-refractivity contribution in [1.29, 1.82) is 0 Å². The van der Waals surface area contributed by atoms with Gasteiger partial charge >= 0.3 is 0 Å². The van der Waals surface area contributed by atoms with Gasteiger partial charge in [-0.25, -0.2) is 0 Å². The van der Waals surface area contributed by atoms with Gasteiger partial charge in [-0.3, -0.25) is 0 Å². The van der Waals surface area contributed by atoms with E-state index in [1.807, 2.05) is 0 Å². The van der Waals surface area contributed by atoms with Gasteiger partial charge in [0.1, 0.15) is 0 Å². The summed E-state index contributed by atoms with van der Waals surface area (Å²) in [7, 11) is 0. The standard InChI is InChI=1S/C16H24O/c1-12-5-6-13(2)14(9-12)10-16(17)8-7-15(3,4)11-16/h5-6,9,17H,7-8,10-11H2,1-4H3. The predicted octanol–water partition coefficient (Wildman–Crippen LogP) is 3.79. The highest BCUT2D eigenvalue weighted by Crippen LogP contribution is 2.45. The van der Waals surface area contributed by atoms with Crippen molar-refractivity contribution < 1.29 is 5.11 Å². The van der Waals surface area contributed by atoms with E-state index in [9.17, 15) is 5.11 Å². The van der Waals surface area contributed by atoms with Crippen molar-refractivity contribution in [2.75, 3.05) is 0 Å². The van der Waals surface area contributed by atoms with Crippen LogP contribution in [0.3, 0.4) is 0 Å². The zero-order valence-corrected chi connectivity index (χ0v) is 11.5. The van der Waals surface area contributed by atoms with Crippen LogP contribution in [0.5, 0.6) is 0 Å². The Bertz CT molecular complexity index is 420. The van der Waals surface area contributed by atoms with Gasteiger partial charge in [-0.05, 0) is 49.7 Å². The van der Waals surface area contributed by atoms with Gasteiger partial charge in [-0.2, -0.15) is 0 Å². The van der Waals surface area contributed by atoms with Crippen molar-refractivity contribution in [1.82, 2.24) is 0 Å².